The first kappa shape index (κ1) is 27.6. The highest BCUT2D eigenvalue weighted by Crippen LogP contribution is 2.19. The van der Waals surface area contributed by atoms with Gasteiger partial charge in [0.15, 0.2) is 0 Å². The maximum atomic E-state index is 13.2. The van der Waals surface area contributed by atoms with Crippen molar-refractivity contribution in [2.45, 2.75) is 25.3 Å². The van der Waals surface area contributed by atoms with Gasteiger partial charge in [-0.15, -0.1) is 0 Å². The van der Waals surface area contributed by atoms with Crippen molar-refractivity contribution in [2.24, 2.45) is 0 Å². The molecule has 0 aliphatic carbocycles. The van der Waals surface area contributed by atoms with Crippen LogP contribution < -0.4 is 21.3 Å². The largest absolute Gasteiger partial charge is 0.387 e. The molecular weight excluding hydrogens is 502 g/mol. The molecule has 0 unspecified atom stereocenters. The fourth-order valence-electron chi connectivity index (χ4n) is 4.40. The summed E-state index contributed by atoms with van der Waals surface area (Å²) in [5, 5.41) is 21.7. The number of aromatic amines is 1. The number of carbonyl (C=O) groups is 4. The van der Waals surface area contributed by atoms with Crippen molar-refractivity contribution in [1.29, 1.82) is 0 Å². The van der Waals surface area contributed by atoms with Crippen LogP contribution >= 0.6 is 0 Å². The molecule has 12 nitrogen and oxygen atoms in total. The number of benzene rings is 1. The molecule has 1 aliphatic rings. The summed E-state index contributed by atoms with van der Waals surface area (Å²) in [6.45, 7) is 0.302. The van der Waals surface area contributed by atoms with Crippen LogP contribution in [0.2, 0.25) is 0 Å². The number of aromatic nitrogens is 2. The first-order chi connectivity index (χ1) is 18.9. The highest BCUT2D eigenvalue weighted by Gasteiger charge is 2.24. The number of aliphatic hydroxyl groups excluding tert-OH is 1. The predicted molar refractivity (Wildman–Crippen MR) is 145 cm³/mol. The lowest BCUT2D eigenvalue weighted by molar-refractivity contribution is -0.138. The number of pyridine rings is 1. The van der Waals surface area contributed by atoms with E-state index in [2.05, 4.69) is 31.2 Å². The van der Waals surface area contributed by atoms with Gasteiger partial charge in [0.05, 0.1) is 6.54 Å². The molecule has 0 saturated heterocycles. The van der Waals surface area contributed by atoms with Gasteiger partial charge in [0.1, 0.15) is 24.2 Å². The van der Waals surface area contributed by atoms with Gasteiger partial charge in [-0.2, -0.15) is 0 Å². The molecule has 0 saturated carbocycles. The third-order valence-electron chi connectivity index (χ3n) is 6.43. The van der Waals surface area contributed by atoms with E-state index in [9.17, 15) is 24.3 Å². The van der Waals surface area contributed by atoms with E-state index in [4.69, 9.17) is 0 Å². The summed E-state index contributed by atoms with van der Waals surface area (Å²) >= 11 is 0. The molecule has 1 aromatic carbocycles. The third kappa shape index (κ3) is 7.54. The Morgan fingerprint density at radius 1 is 0.974 bits per heavy atom. The lowest BCUT2D eigenvalue weighted by atomic mass is 10.0. The Bertz CT molecular complexity index is 1320. The molecule has 0 fully saturated rings. The Labute approximate surface area is 225 Å². The normalized spacial score (nSPS) is 18.1. The maximum absolute atomic E-state index is 13.2. The molecule has 3 aromatic rings. The van der Waals surface area contributed by atoms with Gasteiger partial charge < -0.3 is 36.3 Å². The highest BCUT2D eigenvalue weighted by molar-refractivity contribution is 5.97. The first-order valence-corrected chi connectivity index (χ1v) is 12.9. The number of rotatable bonds is 3. The van der Waals surface area contributed by atoms with Crippen LogP contribution in [0.3, 0.4) is 0 Å². The number of nitrogens with one attached hydrogen (secondary N) is 5. The lowest BCUT2D eigenvalue weighted by Gasteiger charge is -2.21. The van der Waals surface area contributed by atoms with Gasteiger partial charge >= 0.3 is 0 Å². The third-order valence-corrected chi connectivity index (χ3v) is 6.43. The van der Waals surface area contributed by atoms with E-state index in [0.717, 1.165) is 16.5 Å². The van der Waals surface area contributed by atoms with Crippen molar-refractivity contribution in [3.05, 3.63) is 59.9 Å². The summed E-state index contributed by atoms with van der Waals surface area (Å²) in [4.78, 5) is 59.6. The summed E-state index contributed by atoms with van der Waals surface area (Å²) in [6.07, 6.45) is 3.15. The Kier molecular flexibility index (Phi) is 9.46. The molecule has 0 spiro atoms. The molecule has 2 bridgehead atoms. The Morgan fingerprint density at radius 2 is 1.79 bits per heavy atom. The van der Waals surface area contributed by atoms with Gasteiger partial charge in [-0.25, -0.2) is 4.98 Å². The zero-order valence-electron chi connectivity index (χ0n) is 21.5. The summed E-state index contributed by atoms with van der Waals surface area (Å²) in [5.74, 6) is -1.29. The summed E-state index contributed by atoms with van der Waals surface area (Å²) in [5.41, 5.74) is 1.98. The van der Waals surface area contributed by atoms with Crippen LogP contribution in [0.1, 0.15) is 28.9 Å². The fourth-order valence-corrected chi connectivity index (χ4v) is 4.40. The quantitative estimate of drug-likeness (QED) is 0.278. The topological polar surface area (TPSA) is 169 Å². The van der Waals surface area contributed by atoms with E-state index in [1.54, 1.807) is 18.2 Å². The second-order valence-electron chi connectivity index (χ2n) is 9.25. The number of hydrogen-bond acceptors (Lipinski definition) is 7. The van der Waals surface area contributed by atoms with Crippen LogP contribution in [0.15, 0.2) is 48.7 Å². The fraction of sp³-hybridized carbons (Fsp3) is 0.370. The number of hydrogen-bond donors (Lipinski definition) is 6. The summed E-state index contributed by atoms with van der Waals surface area (Å²) in [6, 6.07) is 11.8. The molecule has 1 aliphatic heterocycles. The average molecular weight is 536 g/mol. The van der Waals surface area contributed by atoms with Gasteiger partial charge in [-0.3, -0.25) is 19.2 Å². The molecule has 0 radical (unpaired) electrons. The summed E-state index contributed by atoms with van der Waals surface area (Å²) in [7, 11) is 0. The Balaban J connectivity index is 1.53. The molecule has 39 heavy (non-hydrogen) atoms. The Hall–Kier alpha value is -4.45. The van der Waals surface area contributed by atoms with Crippen molar-refractivity contribution < 1.29 is 24.3 Å². The SMILES string of the molecule is O=C1CN(C(=O)CO)CCCCNC(=O)[C@H](Cc2c[nH]c3ccccc23)NC(=O)c2cccc(n2)NCCN1. The molecular formula is C27H33N7O5. The van der Waals surface area contributed by atoms with Crippen molar-refractivity contribution >= 4 is 40.3 Å². The van der Waals surface area contributed by atoms with Gasteiger partial charge in [0.25, 0.3) is 5.91 Å². The Morgan fingerprint density at radius 3 is 2.64 bits per heavy atom. The van der Waals surface area contributed by atoms with Crippen LogP contribution in [0.25, 0.3) is 10.9 Å². The minimum Gasteiger partial charge on any atom is -0.387 e. The number of aliphatic hydroxyl groups is 1. The first-order valence-electron chi connectivity index (χ1n) is 12.9. The van der Waals surface area contributed by atoms with E-state index < -0.39 is 24.5 Å². The zero-order chi connectivity index (χ0) is 27.6. The van der Waals surface area contributed by atoms with Crippen molar-refractivity contribution in [1.82, 2.24) is 30.8 Å². The monoisotopic (exact) mass is 535 g/mol. The van der Waals surface area contributed by atoms with Crippen LogP contribution in [0, 0.1) is 0 Å². The standard InChI is InChI=1S/C27H33N7O5/c35-17-25(37)34-13-4-3-10-30-26(38)22(14-18-15-31-20-7-2-1-6-19(18)20)33-27(39)21-8-5-9-23(32-21)28-11-12-29-24(36)16-34/h1-2,5-9,15,22,31,35H,3-4,10-14,16-17H2,(H,28,32)(H,29,36)(H,30,38)(H,33,39)/t22-/m0/s1. The highest BCUT2D eigenvalue weighted by atomic mass is 16.3. The minimum absolute atomic E-state index is 0.150. The smallest absolute Gasteiger partial charge is 0.270 e. The van der Waals surface area contributed by atoms with E-state index in [1.807, 2.05) is 30.5 Å². The van der Waals surface area contributed by atoms with E-state index in [-0.39, 0.29) is 43.6 Å². The molecule has 12 heteroatoms. The molecule has 4 rings (SSSR count). The minimum atomic E-state index is -0.855. The van der Waals surface area contributed by atoms with Gasteiger partial charge in [0, 0.05) is 49.7 Å². The molecule has 4 amide bonds. The second kappa shape index (κ2) is 13.4. The van der Waals surface area contributed by atoms with Gasteiger partial charge in [-0.1, -0.05) is 24.3 Å². The predicted octanol–water partition coefficient (Wildman–Crippen LogP) is 0.163. The van der Waals surface area contributed by atoms with Gasteiger partial charge in [0.2, 0.25) is 17.7 Å². The van der Waals surface area contributed by atoms with E-state index in [0.29, 0.717) is 31.7 Å². The van der Waals surface area contributed by atoms with Crippen LogP contribution in [0.4, 0.5) is 5.82 Å². The molecule has 206 valence electrons. The van der Waals surface area contributed by atoms with Gasteiger partial charge in [-0.05, 0) is 36.6 Å². The molecule has 3 heterocycles. The number of carbonyl (C=O) groups excluding carboxylic acids is 4. The summed E-state index contributed by atoms with van der Waals surface area (Å²) < 4.78 is 0. The zero-order valence-corrected chi connectivity index (χ0v) is 21.5. The van der Waals surface area contributed by atoms with E-state index >= 15 is 0 Å². The number of nitrogens with zero attached hydrogens (tertiary/aromatic N) is 2. The number of amides is 4. The van der Waals surface area contributed by atoms with Crippen LogP contribution in [-0.2, 0) is 20.8 Å². The number of H-pyrrole nitrogens is 1. The van der Waals surface area contributed by atoms with Crippen LogP contribution in [-0.4, -0.2) is 89.0 Å². The van der Waals surface area contributed by atoms with Crippen molar-refractivity contribution in [2.75, 3.05) is 44.6 Å². The van der Waals surface area contributed by atoms with Crippen LogP contribution in [0.5, 0.6) is 0 Å². The average Bonchev–Trinajstić information content (AvgIpc) is 3.36. The molecule has 1 atom stereocenters. The maximum Gasteiger partial charge on any atom is 0.270 e. The van der Waals surface area contributed by atoms with Crippen molar-refractivity contribution in [3.63, 3.8) is 0 Å². The number of fused-ring (bicyclic) bond motifs is 3. The van der Waals surface area contributed by atoms with Crippen molar-refractivity contribution in [3.8, 4) is 0 Å². The lowest BCUT2D eigenvalue weighted by Crippen LogP contribution is -2.48. The second-order valence-corrected chi connectivity index (χ2v) is 9.25. The van der Waals surface area contributed by atoms with E-state index in [1.165, 1.54) is 4.90 Å². The molecule has 2 aromatic heterocycles. The molecule has 6 N–H and O–H groups in total. The number of para-hydroxylation sites is 1. The number of anilines is 1.